The van der Waals surface area contributed by atoms with Gasteiger partial charge in [0.25, 0.3) is 5.91 Å². The molecule has 5 aromatic rings. The van der Waals surface area contributed by atoms with Crippen molar-refractivity contribution in [2.75, 3.05) is 6.54 Å². The molecule has 1 fully saturated rings. The van der Waals surface area contributed by atoms with Crippen LogP contribution in [0.1, 0.15) is 65.1 Å². The maximum atomic E-state index is 15.1. The van der Waals surface area contributed by atoms with Crippen molar-refractivity contribution in [2.24, 2.45) is 0 Å². The molecule has 2 aliphatic rings. The lowest BCUT2D eigenvalue weighted by Gasteiger charge is -2.36. The predicted octanol–water partition coefficient (Wildman–Crippen LogP) is 6.70. The van der Waals surface area contributed by atoms with E-state index in [0.29, 0.717) is 39.8 Å². The van der Waals surface area contributed by atoms with Gasteiger partial charge in [-0.3, -0.25) is 9.78 Å². The summed E-state index contributed by atoms with van der Waals surface area (Å²) in [5.74, 6) is -0.288. The minimum Gasteiger partial charge on any atom is -0.327 e. The number of pyridine rings is 1. The summed E-state index contributed by atoms with van der Waals surface area (Å²) in [5.41, 5.74) is 4.82. The van der Waals surface area contributed by atoms with Gasteiger partial charge in [0.05, 0.1) is 29.7 Å². The largest absolute Gasteiger partial charge is 0.327 e. The van der Waals surface area contributed by atoms with E-state index in [-0.39, 0.29) is 30.0 Å². The fourth-order valence-electron chi connectivity index (χ4n) is 5.50. The molecule has 3 aromatic heterocycles. The lowest BCUT2D eigenvalue weighted by atomic mass is 9.92. The summed E-state index contributed by atoms with van der Waals surface area (Å²) < 4.78 is 31.8. The van der Waals surface area contributed by atoms with Gasteiger partial charge < -0.3 is 4.90 Å². The van der Waals surface area contributed by atoms with Crippen molar-refractivity contribution in [3.05, 3.63) is 107 Å². The highest BCUT2D eigenvalue weighted by molar-refractivity contribution is 5.94. The number of aromatic nitrogens is 4. The number of fused-ring (bicyclic) bond motifs is 2. The van der Waals surface area contributed by atoms with E-state index >= 15 is 8.78 Å². The van der Waals surface area contributed by atoms with Crippen LogP contribution in [0.3, 0.4) is 0 Å². The quantitative estimate of drug-likeness (QED) is 0.264. The molecule has 2 unspecified atom stereocenters. The third kappa shape index (κ3) is 4.07. The van der Waals surface area contributed by atoms with E-state index in [1.54, 1.807) is 47.1 Å². The zero-order valence-corrected chi connectivity index (χ0v) is 21.3. The molecule has 1 amide bonds. The van der Waals surface area contributed by atoms with Gasteiger partial charge in [-0.25, -0.2) is 18.3 Å². The van der Waals surface area contributed by atoms with Gasteiger partial charge >= 0.3 is 0 Å². The molecule has 194 valence electrons. The average molecular weight is 522 g/mol. The maximum absolute atomic E-state index is 15.1. The SMILES string of the molecule is CC1c2ccccc2C(F)CN1C(=O)c1cc(-c2ccccn2)n2nc(-c3ccc(C4CC4)cc3F)cc2n1. The Morgan fingerprint density at radius 1 is 0.949 bits per heavy atom. The van der Waals surface area contributed by atoms with E-state index in [1.807, 2.05) is 43.3 Å². The standard InChI is InChI=1S/C31H25F2N5O/c1-18-21-6-2-3-7-22(21)25(33)17-37(18)31(39)28-15-29(26-8-4-5-13-34-26)38-30(35-28)16-27(36-38)23-12-11-20(14-24(23)32)19-9-10-19/h2-8,11-16,18-19,25H,9-10,17H2,1H3. The zero-order valence-electron chi connectivity index (χ0n) is 21.3. The highest BCUT2D eigenvalue weighted by Gasteiger charge is 2.35. The van der Waals surface area contributed by atoms with E-state index in [1.165, 1.54) is 4.90 Å². The minimum atomic E-state index is -1.29. The first-order valence-corrected chi connectivity index (χ1v) is 13.1. The summed E-state index contributed by atoms with van der Waals surface area (Å²) in [5, 5.41) is 4.67. The Balaban J connectivity index is 1.33. The first kappa shape index (κ1) is 23.6. The number of carbonyl (C=O) groups is 1. The van der Waals surface area contributed by atoms with E-state index in [4.69, 9.17) is 0 Å². The van der Waals surface area contributed by atoms with Crippen molar-refractivity contribution in [2.45, 2.75) is 37.9 Å². The minimum absolute atomic E-state index is 0.0636. The smallest absolute Gasteiger partial charge is 0.273 e. The molecule has 8 heteroatoms. The highest BCUT2D eigenvalue weighted by Crippen LogP contribution is 2.41. The number of nitrogens with zero attached hydrogens (tertiary/aromatic N) is 5. The van der Waals surface area contributed by atoms with Crippen LogP contribution >= 0.6 is 0 Å². The molecule has 0 N–H and O–H groups in total. The fourth-order valence-corrected chi connectivity index (χ4v) is 5.50. The van der Waals surface area contributed by atoms with Gasteiger partial charge in [0.1, 0.15) is 17.7 Å². The number of benzene rings is 2. The lowest BCUT2D eigenvalue weighted by molar-refractivity contribution is 0.0585. The van der Waals surface area contributed by atoms with Gasteiger partial charge in [0.15, 0.2) is 5.65 Å². The molecule has 4 heterocycles. The molecule has 7 rings (SSSR count). The number of carbonyl (C=O) groups excluding carboxylic acids is 1. The van der Waals surface area contributed by atoms with Gasteiger partial charge in [0, 0.05) is 17.8 Å². The van der Waals surface area contributed by atoms with Crippen LogP contribution in [0, 0.1) is 5.82 Å². The maximum Gasteiger partial charge on any atom is 0.273 e. The third-order valence-corrected chi connectivity index (χ3v) is 7.76. The molecular weight excluding hydrogens is 496 g/mol. The zero-order chi connectivity index (χ0) is 26.7. The van der Waals surface area contributed by atoms with Crippen LogP contribution in [-0.2, 0) is 0 Å². The van der Waals surface area contributed by atoms with Crippen molar-refractivity contribution >= 4 is 11.6 Å². The van der Waals surface area contributed by atoms with Gasteiger partial charge in [-0.15, -0.1) is 0 Å². The second-order valence-electron chi connectivity index (χ2n) is 10.3. The molecule has 0 saturated heterocycles. The van der Waals surface area contributed by atoms with Crippen molar-refractivity contribution in [3.8, 4) is 22.6 Å². The molecule has 1 saturated carbocycles. The summed E-state index contributed by atoms with van der Waals surface area (Å²) in [6.45, 7) is 1.83. The number of rotatable bonds is 4. The normalized spacial score (nSPS) is 18.8. The molecule has 2 atom stereocenters. The van der Waals surface area contributed by atoms with Crippen LogP contribution < -0.4 is 0 Å². The van der Waals surface area contributed by atoms with Crippen molar-refractivity contribution in [1.29, 1.82) is 0 Å². The topological polar surface area (TPSA) is 63.4 Å². The summed E-state index contributed by atoms with van der Waals surface area (Å²) >= 11 is 0. The van der Waals surface area contributed by atoms with Crippen molar-refractivity contribution in [3.63, 3.8) is 0 Å². The Hall–Kier alpha value is -4.46. The Bertz CT molecular complexity index is 1730. The first-order chi connectivity index (χ1) is 19.0. The average Bonchev–Trinajstić information content (AvgIpc) is 3.73. The summed E-state index contributed by atoms with van der Waals surface area (Å²) in [7, 11) is 0. The van der Waals surface area contributed by atoms with Crippen LogP contribution in [0.15, 0.2) is 79.0 Å². The number of halogens is 2. The van der Waals surface area contributed by atoms with Crippen LogP contribution in [0.25, 0.3) is 28.3 Å². The number of hydrogen-bond acceptors (Lipinski definition) is 4. The van der Waals surface area contributed by atoms with E-state index in [0.717, 1.165) is 24.0 Å². The second kappa shape index (κ2) is 9.08. The van der Waals surface area contributed by atoms with Crippen molar-refractivity contribution < 1.29 is 13.6 Å². The molecule has 1 aliphatic heterocycles. The van der Waals surface area contributed by atoms with Gasteiger partial charge in [-0.1, -0.05) is 36.4 Å². The van der Waals surface area contributed by atoms with Crippen LogP contribution in [-0.4, -0.2) is 36.9 Å². The highest BCUT2D eigenvalue weighted by atomic mass is 19.1. The Kier molecular flexibility index (Phi) is 5.50. The second-order valence-corrected chi connectivity index (χ2v) is 10.3. The molecule has 39 heavy (non-hydrogen) atoms. The van der Waals surface area contributed by atoms with Crippen LogP contribution in [0.5, 0.6) is 0 Å². The Morgan fingerprint density at radius 3 is 2.49 bits per heavy atom. The summed E-state index contributed by atoms with van der Waals surface area (Å²) in [4.78, 5) is 24.4. The van der Waals surface area contributed by atoms with Gasteiger partial charge in [-0.05, 0) is 72.7 Å². The molecule has 6 nitrogen and oxygen atoms in total. The molecule has 1 aliphatic carbocycles. The molecular formula is C31H25F2N5O. The molecule has 2 aromatic carbocycles. The monoisotopic (exact) mass is 521 g/mol. The molecule has 0 spiro atoms. The van der Waals surface area contributed by atoms with Gasteiger partial charge in [-0.2, -0.15) is 5.10 Å². The number of alkyl halides is 1. The van der Waals surface area contributed by atoms with E-state index in [2.05, 4.69) is 15.1 Å². The fraction of sp³-hybridized carbons (Fsp3) is 0.226. The molecule has 0 bridgehead atoms. The Morgan fingerprint density at radius 2 is 1.74 bits per heavy atom. The Labute approximate surface area is 224 Å². The number of hydrogen-bond donors (Lipinski definition) is 0. The van der Waals surface area contributed by atoms with E-state index in [9.17, 15) is 4.79 Å². The predicted molar refractivity (Wildman–Crippen MR) is 143 cm³/mol. The summed E-state index contributed by atoms with van der Waals surface area (Å²) in [6.07, 6.45) is 2.54. The van der Waals surface area contributed by atoms with Gasteiger partial charge in [0.2, 0.25) is 0 Å². The van der Waals surface area contributed by atoms with Crippen LogP contribution in [0.4, 0.5) is 8.78 Å². The number of amides is 1. The lowest BCUT2D eigenvalue weighted by Crippen LogP contribution is -2.40. The first-order valence-electron chi connectivity index (χ1n) is 13.1. The van der Waals surface area contributed by atoms with Crippen molar-refractivity contribution in [1.82, 2.24) is 24.5 Å². The molecule has 0 radical (unpaired) electrons. The summed E-state index contributed by atoms with van der Waals surface area (Å²) in [6, 6.07) is 21.0. The van der Waals surface area contributed by atoms with E-state index < -0.39 is 6.17 Å². The third-order valence-electron chi connectivity index (χ3n) is 7.76. The van der Waals surface area contributed by atoms with Crippen LogP contribution in [0.2, 0.25) is 0 Å².